The summed E-state index contributed by atoms with van der Waals surface area (Å²) in [6.45, 7) is 0.565. The van der Waals surface area contributed by atoms with E-state index in [9.17, 15) is 14.4 Å². The maximum absolute atomic E-state index is 13.5. The number of nitrogen functional groups attached to an aromatic ring is 1. The average molecular weight is 468 g/mol. The summed E-state index contributed by atoms with van der Waals surface area (Å²) < 4.78 is 0. The smallest absolute Gasteiger partial charge is 0.317 e. The quantitative estimate of drug-likeness (QED) is 0.466. The van der Waals surface area contributed by atoms with E-state index in [1.165, 1.54) is 0 Å². The third-order valence-corrected chi connectivity index (χ3v) is 7.03. The predicted molar refractivity (Wildman–Crippen MR) is 129 cm³/mol. The number of rotatable bonds is 8. The number of pyridine rings is 1. The van der Waals surface area contributed by atoms with E-state index in [2.05, 4.69) is 15.6 Å². The molecular formula is C25H33N5O4. The van der Waals surface area contributed by atoms with Crippen molar-refractivity contribution in [3.63, 3.8) is 0 Å². The van der Waals surface area contributed by atoms with Crippen LogP contribution < -0.4 is 16.4 Å². The van der Waals surface area contributed by atoms with Gasteiger partial charge in [0.15, 0.2) is 0 Å². The maximum Gasteiger partial charge on any atom is 0.317 e. The van der Waals surface area contributed by atoms with Crippen molar-refractivity contribution in [2.24, 2.45) is 5.92 Å². The summed E-state index contributed by atoms with van der Waals surface area (Å²) in [5.74, 6) is -0.793. The number of aromatic nitrogens is 1. The third-order valence-electron chi connectivity index (χ3n) is 7.03. The molecule has 2 fully saturated rings. The lowest BCUT2D eigenvalue weighted by molar-refractivity contribution is -0.142. The van der Waals surface area contributed by atoms with Crippen molar-refractivity contribution >= 4 is 34.4 Å². The molecule has 9 heteroatoms. The molecule has 2 heterocycles. The molecule has 4 rings (SSSR count). The van der Waals surface area contributed by atoms with Crippen molar-refractivity contribution in [2.45, 2.75) is 63.6 Å². The molecule has 0 unspecified atom stereocenters. The molecule has 0 spiro atoms. The van der Waals surface area contributed by atoms with Crippen LogP contribution in [0.1, 0.15) is 50.5 Å². The Labute approximate surface area is 199 Å². The van der Waals surface area contributed by atoms with Gasteiger partial charge in [0, 0.05) is 24.7 Å². The first kappa shape index (κ1) is 23.9. The van der Waals surface area contributed by atoms with Gasteiger partial charge in [-0.15, -0.1) is 0 Å². The molecule has 2 amide bonds. The van der Waals surface area contributed by atoms with Gasteiger partial charge in [0.1, 0.15) is 11.9 Å². The fourth-order valence-corrected chi connectivity index (χ4v) is 5.26. The molecule has 1 aliphatic heterocycles. The lowest BCUT2D eigenvalue weighted by atomic mass is 9.83. The number of carboxylic acid groups (broad SMARTS) is 1. The van der Waals surface area contributed by atoms with Crippen LogP contribution in [0.15, 0.2) is 30.5 Å². The highest BCUT2D eigenvalue weighted by Crippen LogP contribution is 2.29. The second-order valence-electron chi connectivity index (χ2n) is 9.31. The molecule has 34 heavy (non-hydrogen) atoms. The van der Waals surface area contributed by atoms with E-state index in [4.69, 9.17) is 10.8 Å². The fraction of sp³-hybridized carbons (Fsp3) is 0.520. The lowest BCUT2D eigenvalue weighted by Crippen LogP contribution is -2.55. The van der Waals surface area contributed by atoms with Gasteiger partial charge < -0.3 is 21.1 Å². The zero-order valence-corrected chi connectivity index (χ0v) is 19.3. The second-order valence-corrected chi connectivity index (χ2v) is 9.31. The van der Waals surface area contributed by atoms with Crippen LogP contribution in [0.25, 0.3) is 10.8 Å². The number of amides is 2. The Hall–Kier alpha value is -3.20. The topological polar surface area (TPSA) is 138 Å². The highest BCUT2D eigenvalue weighted by Gasteiger charge is 2.39. The van der Waals surface area contributed by atoms with E-state index >= 15 is 0 Å². The molecule has 2 aliphatic rings. The number of nitrogens with zero attached hydrogens (tertiary/aromatic N) is 2. The standard InChI is InChI=1S/C25H33N5O4/c26-23-19-13-16(8-9-17(19)10-11-27-23)14-29-24(33)20-7-4-12-30(20)25(34)22(28-15-21(31)32)18-5-2-1-3-6-18/h8-11,13,18,20,22,28H,1-7,12,14-15H2,(H2,26,27)(H,29,33)(H,31,32)/t20-,22+/m0/s1. The number of nitrogens with two attached hydrogens (primary N) is 1. The first-order valence-corrected chi connectivity index (χ1v) is 12.1. The van der Waals surface area contributed by atoms with Crippen LogP contribution in [0.2, 0.25) is 0 Å². The Balaban J connectivity index is 1.42. The summed E-state index contributed by atoms with van der Waals surface area (Å²) in [5, 5.41) is 16.9. The molecule has 9 nitrogen and oxygen atoms in total. The number of carbonyl (C=O) groups is 3. The van der Waals surface area contributed by atoms with Crippen LogP contribution in [0.3, 0.4) is 0 Å². The number of hydrogen-bond donors (Lipinski definition) is 4. The number of carboxylic acids is 1. The molecule has 1 aliphatic carbocycles. The van der Waals surface area contributed by atoms with Crippen LogP contribution in [0.5, 0.6) is 0 Å². The van der Waals surface area contributed by atoms with Gasteiger partial charge in [-0.2, -0.15) is 0 Å². The minimum Gasteiger partial charge on any atom is -0.480 e. The summed E-state index contributed by atoms with van der Waals surface area (Å²) in [4.78, 5) is 43.5. The molecule has 0 bridgehead atoms. The van der Waals surface area contributed by atoms with Crippen LogP contribution >= 0.6 is 0 Å². The van der Waals surface area contributed by atoms with Crippen LogP contribution in [0.4, 0.5) is 5.82 Å². The Bertz CT molecular complexity index is 1050. The Morgan fingerprint density at radius 2 is 1.91 bits per heavy atom. The Kier molecular flexibility index (Phi) is 7.62. The summed E-state index contributed by atoms with van der Waals surface area (Å²) in [5.41, 5.74) is 6.88. The lowest BCUT2D eigenvalue weighted by Gasteiger charge is -2.34. The van der Waals surface area contributed by atoms with Crippen molar-refractivity contribution in [1.82, 2.24) is 20.5 Å². The van der Waals surface area contributed by atoms with Gasteiger partial charge in [-0.3, -0.25) is 19.7 Å². The number of benzene rings is 1. The number of likely N-dealkylation sites (tertiary alicyclic amines) is 1. The molecule has 2 aromatic rings. The summed E-state index contributed by atoms with van der Waals surface area (Å²) >= 11 is 0. The van der Waals surface area contributed by atoms with E-state index in [0.717, 1.165) is 54.9 Å². The first-order valence-electron chi connectivity index (χ1n) is 12.1. The highest BCUT2D eigenvalue weighted by molar-refractivity contribution is 5.92. The molecule has 182 valence electrons. The van der Waals surface area contributed by atoms with E-state index in [1.807, 2.05) is 24.3 Å². The van der Waals surface area contributed by atoms with Gasteiger partial charge in [0.2, 0.25) is 11.8 Å². The first-order chi connectivity index (χ1) is 16.4. The molecular weight excluding hydrogens is 434 g/mol. The van der Waals surface area contributed by atoms with Crippen LogP contribution in [-0.2, 0) is 20.9 Å². The fourth-order valence-electron chi connectivity index (χ4n) is 5.26. The maximum atomic E-state index is 13.5. The number of carbonyl (C=O) groups excluding carboxylic acids is 2. The van der Waals surface area contributed by atoms with Gasteiger partial charge >= 0.3 is 5.97 Å². The summed E-state index contributed by atoms with van der Waals surface area (Å²) in [6.07, 6.45) is 8.03. The SMILES string of the molecule is Nc1nccc2ccc(CNC(=O)[C@@H]3CCCN3C(=O)[C@H](NCC(=O)O)C3CCCCC3)cc12. The van der Waals surface area contributed by atoms with Crippen molar-refractivity contribution < 1.29 is 19.5 Å². The van der Waals surface area contributed by atoms with E-state index in [1.54, 1.807) is 11.1 Å². The minimum absolute atomic E-state index is 0.0987. The predicted octanol–water partition coefficient (Wildman–Crippen LogP) is 2.05. The summed E-state index contributed by atoms with van der Waals surface area (Å²) in [7, 11) is 0. The highest BCUT2D eigenvalue weighted by atomic mass is 16.4. The van der Waals surface area contributed by atoms with Gasteiger partial charge in [0.05, 0.1) is 12.6 Å². The zero-order chi connectivity index (χ0) is 24.1. The Morgan fingerprint density at radius 3 is 2.68 bits per heavy atom. The minimum atomic E-state index is -0.990. The van der Waals surface area contributed by atoms with Gasteiger partial charge in [0.25, 0.3) is 0 Å². The number of anilines is 1. The average Bonchev–Trinajstić information content (AvgIpc) is 3.33. The van der Waals surface area contributed by atoms with Gasteiger partial charge in [-0.25, -0.2) is 4.98 Å². The number of aliphatic carboxylic acids is 1. The molecule has 1 aromatic carbocycles. The van der Waals surface area contributed by atoms with Crippen molar-refractivity contribution in [3.8, 4) is 0 Å². The van der Waals surface area contributed by atoms with Crippen molar-refractivity contribution in [3.05, 3.63) is 36.0 Å². The Morgan fingerprint density at radius 1 is 1.12 bits per heavy atom. The van der Waals surface area contributed by atoms with Gasteiger partial charge in [-0.1, -0.05) is 31.4 Å². The van der Waals surface area contributed by atoms with Gasteiger partial charge in [-0.05, 0) is 54.7 Å². The largest absolute Gasteiger partial charge is 0.480 e. The van der Waals surface area contributed by atoms with Crippen molar-refractivity contribution in [1.29, 1.82) is 0 Å². The third kappa shape index (κ3) is 5.47. The zero-order valence-electron chi connectivity index (χ0n) is 19.3. The molecule has 1 aromatic heterocycles. The normalized spacial score (nSPS) is 19.8. The van der Waals surface area contributed by atoms with E-state index in [-0.39, 0.29) is 24.3 Å². The molecule has 0 radical (unpaired) electrons. The summed E-state index contributed by atoms with van der Waals surface area (Å²) in [6, 6.07) is 6.58. The number of fused-ring (bicyclic) bond motifs is 1. The molecule has 5 N–H and O–H groups in total. The molecule has 2 atom stereocenters. The van der Waals surface area contributed by atoms with Crippen LogP contribution in [-0.4, -0.2) is 57.9 Å². The number of nitrogens with one attached hydrogen (secondary N) is 2. The number of hydrogen-bond acceptors (Lipinski definition) is 6. The van der Waals surface area contributed by atoms with E-state index in [0.29, 0.717) is 25.3 Å². The monoisotopic (exact) mass is 467 g/mol. The molecule has 1 saturated heterocycles. The second kappa shape index (κ2) is 10.8. The molecule has 1 saturated carbocycles. The van der Waals surface area contributed by atoms with E-state index < -0.39 is 18.1 Å². The van der Waals surface area contributed by atoms with Crippen LogP contribution in [0, 0.1) is 5.92 Å². The van der Waals surface area contributed by atoms with Crippen molar-refractivity contribution in [2.75, 3.05) is 18.8 Å².